The van der Waals surface area contributed by atoms with Crippen LogP contribution in [-0.2, 0) is 0 Å². The van der Waals surface area contributed by atoms with Crippen LogP contribution in [0.25, 0.3) is 10.8 Å². The number of nitrogens with one attached hydrogen (secondary N) is 3. The Kier molecular flexibility index (Phi) is 4.84. The largest absolute Gasteiger partial charge is 0.349 e. The molecule has 2 aromatic rings. The van der Waals surface area contributed by atoms with Gasteiger partial charge in [-0.1, -0.05) is 25.1 Å². The first-order valence-corrected chi connectivity index (χ1v) is 6.70. The lowest BCUT2D eigenvalue weighted by atomic mass is 10.1. The first-order chi connectivity index (χ1) is 9.74. The highest BCUT2D eigenvalue weighted by atomic mass is 16.2. The molecule has 1 aromatic carbocycles. The first kappa shape index (κ1) is 14.2. The standard InChI is InChI=1S/C14H18N4O2/c1-2-7-15-8-9-16-14(20)12-10-5-3-4-6-11(10)13(19)18-17-12/h3-6,15H,2,7-9H2,1H3,(H,16,20)(H,18,19). The Labute approximate surface area is 116 Å². The van der Waals surface area contributed by atoms with Crippen molar-refractivity contribution in [3.8, 4) is 0 Å². The third-order valence-electron chi connectivity index (χ3n) is 2.93. The molecule has 0 aliphatic heterocycles. The number of benzene rings is 1. The average Bonchev–Trinajstić information content (AvgIpc) is 2.47. The van der Waals surface area contributed by atoms with E-state index in [1.54, 1.807) is 24.3 Å². The maximum Gasteiger partial charge on any atom is 0.272 e. The van der Waals surface area contributed by atoms with Gasteiger partial charge in [-0.25, -0.2) is 5.10 Å². The van der Waals surface area contributed by atoms with E-state index in [4.69, 9.17) is 0 Å². The summed E-state index contributed by atoms with van der Waals surface area (Å²) in [5.41, 5.74) is -0.0440. The van der Waals surface area contributed by atoms with Crippen molar-refractivity contribution in [1.29, 1.82) is 0 Å². The van der Waals surface area contributed by atoms with Gasteiger partial charge in [0.15, 0.2) is 5.69 Å². The first-order valence-electron chi connectivity index (χ1n) is 6.70. The molecule has 0 spiro atoms. The highest BCUT2D eigenvalue weighted by molar-refractivity contribution is 6.04. The molecule has 0 aliphatic carbocycles. The van der Waals surface area contributed by atoms with Gasteiger partial charge in [0.25, 0.3) is 11.5 Å². The molecule has 6 heteroatoms. The van der Waals surface area contributed by atoms with E-state index in [0.717, 1.165) is 13.0 Å². The molecule has 6 nitrogen and oxygen atoms in total. The fourth-order valence-corrected chi connectivity index (χ4v) is 1.94. The number of nitrogens with zero attached hydrogens (tertiary/aromatic N) is 1. The predicted molar refractivity (Wildman–Crippen MR) is 77.9 cm³/mol. The fraction of sp³-hybridized carbons (Fsp3) is 0.357. The smallest absolute Gasteiger partial charge is 0.272 e. The monoisotopic (exact) mass is 274 g/mol. The molecular formula is C14H18N4O2. The van der Waals surface area contributed by atoms with E-state index in [-0.39, 0.29) is 17.2 Å². The average molecular weight is 274 g/mol. The highest BCUT2D eigenvalue weighted by Crippen LogP contribution is 2.11. The molecule has 106 valence electrons. The second kappa shape index (κ2) is 6.81. The van der Waals surface area contributed by atoms with Crippen molar-refractivity contribution in [1.82, 2.24) is 20.8 Å². The molecule has 0 aliphatic rings. The summed E-state index contributed by atoms with van der Waals surface area (Å²) < 4.78 is 0. The number of fused-ring (bicyclic) bond motifs is 1. The molecule has 0 saturated heterocycles. The number of carbonyl (C=O) groups excluding carboxylic acids is 1. The zero-order valence-corrected chi connectivity index (χ0v) is 11.4. The minimum absolute atomic E-state index is 0.246. The third-order valence-corrected chi connectivity index (χ3v) is 2.93. The summed E-state index contributed by atoms with van der Waals surface area (Å²) in [6, 6.07) is 6.94. The van der Waals surface area contributed by atoms with Crippen LogP contribution in [-0.4, -0.2) is 35.7 Å². The van der Waals surface area contributed by atoms with Crippen molar-refractivity contribution in [2.75, 3.05) is 19.6 Å². The summed E-state index contributed by atoms with van der Waals surface area (Å²) in [4.78, 5) is 23.7. The van der Waals surface area contributed by atoms with Gasteiger partial charge in [-0.3, -0.25) is 9.59 Å². The summed E-state index contributed by atoms with van der Waals surface area (Å²) >= 11 is 0. The van der Waals surface area contributed by atoms with Gasteiger partial charge in [0.1, 0.15) is 0 Å². The predicted octanol–water partition coefficient (Wildman–Crippen LogP) is 0.653. The number of carbonyl (C=O) groups is 1. The quantitative estimate of drug-likeness (QED) is 0.675. The SMILES string of the molecule is CCCNCCNC(=O)c1n[nH]c(=O)c2ccccc12. The molecule has 0 atom stereocenters. The Morgan fingerprint density at radius 3 is 2.70 bits per heavy atom. The number of amides is 1. The van der Waals surface area contributed by atoms with Crippen LogP contribution in [0.1, 0.15) is 23.8 Å². The summed E-state index contributed by atoms with van der Waals surface area (Å²) in [5.74, 6) is -0.282. The van der Waals surface area contributed by atoms with Crippen molar-refractivity contribution in [2.24, 2.45) is 0 Å². The van der Waals surface area contributed by atoms with Crippen LogP contribution < -0.4 is 16.2 Å². The topological polar surface area (TPSA) is 86.9 Å². The fourth-order valence-electron chi connectivity index (χ4n) is 1.94. The van der Waals surface area contributed by atoms with Crippen molar-refractivity contribution in [3.63, 3.8) is 0 Å². The van der Waals surface area contributed by atoms with Crippen LogP contribution in [0.3, 0.4) is 0 Å². The normalized spacial score (nSPS) is 10.7. The molecule has 2 rings (SSSR count). The number of rotatable bonds is 6. The van der Waals surface area contributed by atoms with E-state index in [1.807, 2.05) is 0 Å². The van der Waals surface area contributed by atoms with E-state index in [2.05, 4.69) is 27.8 Å². The van der Waals surface area contributed by atoms with Crippen molar-refractivity contribution < 1.29 is 4.79 Å². The Hall–Kier alpha value is -2.21. The van der Waals surface area contributed by atoms with Gasteiger partial charge >= 0.3 is 0 Å². The maximum absolute atomic E-state index is 12.1. The van der Waals surface area contributed by atoms with Gasteiger partial charge in [-0.15, -0.1) is 0 Å². The Morgan fingerprint density at radius 1 is 1.20 bits per heavy atom. The van der Waals surface area contributed by atoms with Gasteiger partial charge in [0, 0.05) is 18.5 Å². The van der Waals surface area contributed by atoms with Crippen LogP contribution >= 0.6 is 0 Å². The van der Waals surface area contributed by atoms with Crippen LogP contribution in [0.4, 0.5) is 0 Å². The van der Waals surface area contributed by atoms with Crippen molar-refractivity contribution >= 4 is 16.7 Å². The molecule has 1 aromatic heterocycles. The maximum atomic E-state index is 12.1. The van der Waals surface area contributed by atoms with Gasteiger partial charge in [-0.05, 0) is 19.0 Å². The van der Waals surface area contributed by atoms with E-state index in [0.29, 0.717) is 23.9 Å². The number of hydrogen-bond acceptors (Lipinski definition) is 4. The minimum Gasteiger partial charge on any atom is -0.349 e. The van der Waals surface area contributed by atoms with Crippen LogP contribution in [0.15, 0.2) is 29.1 Å². The lowest BCUT2D eigenvalue weighted by Gasteiger charge is -2.07. The van der Waals surface area contributed by atoms with E-state index >= 15 is 0 Å². The zero-order valence-electron chi connectivity index (χ0n) is 11.4. The summed E-state index contributed by atoms with van der Waals surface area (Å²) in [7, 11) is 0. The number of H-pyrrole nitrogens is 1. The molecule has 1 heterocycles. The molecule has 0 fully saturated rings. The van der Waals surface area contributed by atoms with Crippen molar-refractivity contribution in [2.45, 2.75) is 13.3 Å². The lowest BCUT2D eigenvalue weighted by molar-refractivity contribution is 0.0950. The molecule has 0 unspecified atom stereocenters. The van der Waals surface area contributed by atoms with Gasteiger partial charge in [-0.2, -0.15) is 5.10 Å². The lowest BCUT2D eigenvalue weighted by Crippen LogP contribution is -2.33. The second-order valence-corrected chi connectivity index (χ2v) is 4.45. The number of aromatic nitrogens is 2. The molecule has 20 heavy (non-hydrogen) atoms. The number of aromatic amines is 1. The Balaban J connectivity index is 2.11. The zero-order chi connectivity index (χ0) is 14.4. The van der Waals surface area contributed by atoms with Gasteiger partial charge in [0.2, 0.25) is 0 Å². The van der Waals surface area contributed by atoms with E-state index < -0.39 is 0 Å². The molecular weight excluding hydrogens is 256 g/mol. The molecule has 0 radical (unpaired) electrons. The molecule has 1 amide bonds. The Bertz CT molecular complexity index is 651. The number of hydrogen-bond donors (Lipinski definition) is 3. The van der Waals surface area contributed by atoms with E-state index in [1.165, 1.54) is 0 Å². The summed E-state index contributed by atoms with van der Waals surface area (Å²) in [5, 5.41) is 13.2. The summed E-state index contributed by atoms with van der Waals surface area (Å²) in [6.45, 7) is 4.24. The van der Waals surface area contributed by atoms with Gasteiger partial charge in [0.05, 0.1) is 5.39 Å². The molecule has 0 bridgehead atoms. The van der Waals surface area contributed by atoms with Crippen LogP contribution in [0.5, 0.6) is 0 Å². The van der Waals surface area contributed by atoms with Crippen molar-refractivity contribution in [3.05, 3.63) is 40.3 Å². The van der Waals surface area contributed by atoms with E-state index in [9.17, 15) is 9.59 Å². The summed E-state index contributed by atoms with van der Waals surface area (Å²) in [6.07, 6.45) is 1.06. The van der Waals surface area contributed by atoms with Crippen LogP contribution in [0, 0.1) is 0 Å². The van der Waals surface area contributed by atoms with Crippen LogP contribution in [0.2, 0.25) is 0 Å². The Morgan fingerprint density at radius 2 is 1.95 bits per heavy atom. The highest BCUT2D eigenvalue weighted by Gasteiger charge is 2.12. The molecule has 3 N–H and O–H groups in total. The molecule has 0 saturated carbocycles. The second-order valence-electron chi connectivity index (χ2n) is 4.45. The minimum atomic E-state index is -0.290. The van der Waals surface area contributed by atoms with Gasteiger partial charge < -0.3 is 10.6 Å². The third kappa shape index (κ3) is 3.21.